The van der Waals surface area contributed by atoms with Gasteiger partial charge < -0.3 is 5.32 Å². The van der Waals surface area contributed by atoms with E-state index < -0.39 is 0 Å². The number of halogens is 2. The number of nitrogens with zero attached hydrogens (tertiary/aromatic N) is 1. The van der Waals surface area contributed by atoms with Crippen LogP contribution in [0.25, 0.3) is 0 Å². The highest BCUT2D eigenvalue weighted by Gasteiger charge is 2.05. The highest BCUT2D eigenvalue weighted by Crippen LogP contribution is 2.26. The van der Waals surface area contributed by atoms with Crippen molar-refractivity contribution >= 4 is 27.3 Å². The summed E-state index contributed by atoms with van der Waals surface area (Å²) in [6, 6.07) is 12.3. The molecule has 0 aliphatic carbocycles. The van der Waals surface area contributed by atoms with Crippen LogP contribution < -0.4 is 5.32 Å². The molecular formula is C14H10BrFN2. The zero-order valence-electron chi connectivity index (χ0n) is 9.67. The maximum Gasteiger partial charge on any atom is 0.128 e. The summed E-state index contributed by atoms with van der Waals surface area (Å²) in [5.41, 5.74) is 2.65. The summed E-state index contributed by atoms with van der Waals surface area (Å²) < 4.78 is 14.1. The zero-order valence-corrected chi connectivity index (χ0v) is 11.3. The Kier molecular flexibility index (Phi) is 3.63. The van der Waals surface area contributed by atoms with Gasteiger partial charge in [0, 0.05) is 21.4 Å². The molecule has 0 bridgehead atoms. The molecule has 0 heterocycles. The molecular weight excluding hydrogens is 295 g/mol. The number of hydrogen-bond donors (Lipinski definition) is 1. The summed E-state index contributed by atoms with van der Waals surface area (Å²) in [4.78, 5) is 0. The van der Waals surface area contributed by atoms with Gasteiger partial charge in [0.05, 0.1) is 5.56 Å². The Labute approximate surface area is 113 Å². The lowest BCUT2D eigenvalue weighted by Crippen LogP contribution is -1.95. The van der Waals surface area contributed by atoms with Crippen molar-refractivity contribution in [3.63, 3.8) is 0 Å². The Morgan fingerprint density at radius 3 is 2.72 bits per heavy atom. The Bertz CT molecular complexity index is 632. The van der Waals surface area contributed by atoms with Crippen LogP contribution in [0.15, 0.2) is 40.9 Å². The molecule has 2 rings (SSSR count). The van der Waals surface area contributed by atoms with E-state index in [-0.39, 0.29) is 5.82 Å². The average molecular weight is 305 g/mol. The van der Waals surface area contributed by atoms with Crippen molar-refractivity contribution in [1.29, 1.82) is 5.26 Å². The molecule has 0 radical (unpaired) electrons. The van der Waals surface area contributed by atoms with E-state index >= 15 is 0 Å². The van der Waals surface area contributed by atoms with Crippen molar-refractivity contribution in [1.82, 2.24) is 0 Å². The molecule has 18 heavy (non-hydrogen) atoms. The van der Waals surface area contributed by atoms with Gasteiger partial charge in [-0.2, -0.15) is 5.26 Å². The summed E-state index contributed by atoms with van der Waals surface area (Å²) in [5.74, 6) is -0.243. The Morgan fingerprint density at radius 1 is 1.28 bits per heavy atom. The fourth-order valence-electron chi connectivity index (χ4n) is 1.58. The summed E-state index contributed by atoms with van der Waals surface area (Å²) in [5, 5.41) is 12.0. The summed E-state index contributed by atoms with van der Waals surface area (Å²) in [6.07, 6.45) is 0. The molecule has 0 aliphatic rings. The van der Waals surface area contributed by atoms with Crippen LogP contribution in [0.5, 0.6) is 0 Å². The van der Waals surface area contributed by atoms with Crippen LogP contribution >= 0.6 is 15.9 Å². The molecule has 1 N–H and O–H groups in total. The normalized spacial score (nSPS) is 9.89. The van der Waals surface area contributed by atoms with E-state index in [2.05, 4.69) is 27.3 Å². The number of benzene rings is 2. The second kappa shape index (κ2) is 5.19. The van der Waals surface area contributed by atoms with Gasteiger partial charge in [-0.1, -0.05) is 6.07 Å². The Balaban J connectivity index is 2.32. The number of hydrogen-bond acceptors (Lipinski definition) is 2. The lowest BCUT2D eigenvalue weighted by atomic mass is 10.1. The van der Waals surface area contributed by atoms with Gasteiger partial charge >= 0.3 is 0 Å². The first-order valence-corrected chi connectivity index (χ1v) is 6.13. The molecule has 0 fully saturated rings. The Morgan fingerprint density at radius 2 is 2.06 bits per heavy atom. The smallest absolute Gasteiger partial charge is 0.128 e. The number of rotatable bonds is 2. The number of nitrogens with one attached hydrogen (secondary N) is 1. The minimum absolute atomic E-state index is 0.243. The fraction of sp³-hybridized carbons (Fsp3) is 0.0714. The Hall–Kier alpha value is -1.86. The van der Waals surface area contributed by atoms with E-state index in [1.807, 2.05) is 6.07 Å². The molecule has 90 valence electrons. The molecule has 0 spiro atoms. The summed E-state index contributed by atoms with van der Waals surface area (Å²) in [6.45, 7) is 1.72. The zero-order chi connectivity index (χ0) is 13.1. The van der Waals surface area contributed by atoms with Crippen LogP contribution in [0.3, 0.4) is 0 Å². The third-order valence-corrected chi connectivity index (χ3v) is 3.29. The first-order valence-electron chi connectivity index (χ1n) is 5.33. The van der Waals surface area contributed by atoms with Crippen molar-refractivity contribution in [2.24, 2.45) is 0 Å². The maximum absolute atomic E-state index is 13.4. The van der Waals surface area contributed by atoms with E-state index in [0.717, 1.165) is 5.69 Å². The highest BCUT2D eigenvalue weighted by atomic mass is 79.9. The van der Waals surface area contributed by atoms with Gasteiger partial charge in [0.15, 0.2) is 0 Å². The fourth-order valence-corrected chi connectivity index (χ4v) is 2.05. The first-order chi connectivity index (χ1) is 8.61. The van der Waals surface area contributed by atoms with Gasteiger partial charge in [-0.3, -0.25) is 0 Å². The molecule has 2 aromatic carbocycles. The average Bonchev–Trinajstić information content (AvgIpc) is 2.35. The minimum Gasteiger partial charge on any atom is -0.355 e. The van der Waals surface area contributed by atoms with Crippen LogP contribution in [0.2, 0.25) is 0 Å². The first kappa shape index (κ1) is 12.6. The van der Waals surface area contributed by atoms with Crippen molar-refractivity contribution in [3.05, 3.63) is 57.8 Å². The SMILES string of the molecule is Cc1c(F)cccc1Nc1ccc(C#N)c(Br)c1. The second-order valence-corrected chi connectivity index (χ2v) is 4.70. The predicted molar refractivity (Wildman–Crippen MR) is 73.3 cm³/mol. The minimum atomic E-state index is -0.243. The molecule has 0 aromatic heterocycles. The van der Waals surface area contributed by atoms with Crippen molar-refractivity contribution in [2.75, 3.05) is 5.32 Å². The van der Waals surface area contributed by atoms with Crippen LogP contribution in [0.1, 0.15) is 11.1 Å². The lowest BCUT2D eigenvalue weighted by molar-refractivity contribution is 0.619. The van der Waals surface area contributed by atoms with E-state index in [1.54, 1.807) is 31.2 Å². The standard InChI is InChI=1S/C14H10BrFN2/c1-9-13(16)3-2-4-14(9)18-11-6-5-10(8-17)12(15)7-11/h2-7,18H,1H3. The van der Waals surface area contributed by atoms with E-state index in [4.69, 9.17) is 5.26 Å². The maximum atomic E-state index is 13.4. The van der Waals surface area contributed by atoms with Crippen molar-refractivity contribution in [3.8, 4) is 6.07 Å². The number of nitriles is 1. The monoisotopic (exact) mass is 304 g/mol. The van der Waals surface area contributed by atoms with Crippen LogP contribution in [-0.2, 0) is 0 Å². The molecule has 0 unspecified atom stereocenters. The van der Waals surface area contributed by atoms with Crippen LogP contribution in [0, 0.1) is 24.1 Å². The van der Waals surface area contributed by atoms with Crippen LogP contribution in [-0.4, -0.2) is 0 Å². The lowest BCUT2D eigenvalue weighted by Gasteiger charge is -2.10. The second-order valence-electron chi connectivity index (χ2n) is 3.84. The van der Waals surface area contributed by atoms with Gasteiger partial charge in [-0.25, -0.2) is 4.39 Å². The molecule has 0 amide bonds. The predicted octanol–water partition coefficient (Wildman–Crippen LogP) is 4.51. The molecule has 0 saturated carbocycles. The third kappa shape index (κ3) is 2.52. The molecule has 0 atom stereocenters. The largest absolute Gasteiger partial charge is 0.355 e. The highest BCUT2D eigenvalue weighted by molar-refractivity contribution is 9.10. The van der Waals surface area contributed by atoms with E-state index in [9.17, 15) is 4.39 Å². The van der Waals surface area contributed by atoms with Crippen molar-refractivity contribution < 1.29 is 4.39 Å². The van der Waals surface area contributed by atoms with Gasteiger partial charge in [0.2, 0.25) is 0 Å². The van der Waals surface area contributed by atoms with Gasteiger partial charge in [-0.05, 0) is 53.2 Å². The topological polar surface area (TPSA) is 35.8 Å². The van der Waals surface area contributed by atoms with Crippen molar-refractivity contribution in [2.45, 2.75) is 6.92 Å². The molecule has 0 aliphatic heterocycles. The quantitative estimate of drug-likeness (QED) is 0.886. The van der Waals surface area contributed by atoms with Gasteiger partial charge in [0.1, 0.15) is 11.9 Å². The molecule has 0 saturated heterocycles. The molecule has 4 heteroatoms. The summed E-state index contributed by atoms with van der Waals surface area (Å²) >= 11 is 3.32. The van der Waals surface area contributed by atoms with Gasteiger partial charge in [-0.15, -0.1) is 0 Å². The van der Waals surface area contributed by atoms with E-state index in [0.29, 0.717) is 21.3 Å². The summed E-state index contributed by atoms with van der Waals surface area (Å²) in [7, 11) is 0. The van der Waals surface area contributed by atoms with Gasteiger partial charge in [0.25, 0.3) is 0 Å². The number of anilines is 2. The van der Waals surface area contributed by atoms with E-state index in [1.165, 1.54) is 6.07 Å². The van der Waals surface area contributed by atoms with Crippen LogP contribution in [0.4, 0.5) is 15.8 Å². The molecule has 2 nitrogen and oxygen atoms in total. The third-order valence-electron chi connectivity index (χ3n) is 2.64. The molecule has 2 aromatic rings.